The SMILES string of the molecule is COc1ccc(C(=O)c2cc(OC)ccc2N)cc1. The molecule has 19 heavy (non-hydrogen) atoms. The van der Waals surface area contributed by atoms with E-state index in [0.717, 1.165) is 0 Å². The minimum Gasteiger partial charge on any atom is -0.497 e. The average molecular weight is 257 g/mol. The van der Waals surface area contributed by atoms with Crippen LogP contribution in [0.15, 0.2) is 42.5 Å². The maximum absolute atomic E-state index is 12.4. The highest BCUT2D eigenvalue weighted by Crippen LogP contribution is 2.23. The van der Waals surface area contributed by atoms with Gasteiger partial charge in [-0.3, -0.25) is 4.79 Å². The summed E-state index contributed by atoms with van der Waals surface area (Å²) in [6.45, 7) is 0. The van der Waals surface area contributed by atoms with E-state index in [4.69, 9.17) is 15.2 Å². The van der Waals surface area contributed by atoms with Gasteiger partial charge in [0.15, 0.2) is 5.78 Å². The number of ketones is 1. The Balaban J connectivity index is 2.37. The first kappa shape index (κ1) is 13.0. The van der Waals surface area contributed by atoms with E-state index >= 15 is 0 Å². The van der Waals surface area contributed by atoms with Gasteiger partial charge in [-0.15, -0.1) is 0 Å². The summed E-state index contributed by atoms with van der Waals surface area (Å²) in [5.41, 5.74) is 7.26. The van der Waals surface area contributed by atoms with Crippen LogP contribution >= 0.6 is 0 Å². The minimum absolute atomic E-state index is 0.140. The lowest BCUT2D eigenvalue weighted by Gasteiger charge is -2.08. The number of hydrogen-bond acceptors (Lipinski definition) is 4. The van der Waals surface area contributed by atoms with Crippen LogP contribution in [0, 0.1) is 0 Å². The number of methoxy groups -OCH3 is 2. The number of benzene rings is 2. The van der Waals surface area contributed by atoms with Crippen molar-refractivity contribution in [2.45, 2.75) is 0 Å². The lowest BCUT2D eigenvalue weighted by Crippen LogP contribution is -2.05. The zero-order valence-corrected chi connectivity index (χ0v) is 10.8. The van der Waals surface area contributed by atoms with Crippen LogP contribution in [0.1, 0.15) is 15.9 Å². The third-order valence-corrected chi connectivity index (χ3v) is 2.86. The molecule has 0 bridgehead atoms. The molecule has 98 valence electrons. The summed E-state index contributed by atoms with van der Waals surface area (Å²) >= 11 is 0. The van der Waals surface area contributed by atoms with Crippen LogP contribution < -0.4 is 15.2 Å². The molecule has 0 unspecified atom stereocenters. The van der Waals surface area contributed by atoms with Crippen molar-refractivity contribution in [3.05, 3.63) is 53.6 Å². The highest BCUT2D eigenvalue weighted by atomic mass is 16.5. The number of carbonyl (C=O) groups is 1. The smallest absolute Gasteiger partial charge is 0.195 e. The second-order valence-electron chi connectivity index (χ2n) is 4.01. The number of nitrogens with two attached hydrogens (primary N) is 1. The van der Waals surface area contributed by atoms with E-state index in [-0.39, 0.29) is 5.78 Å². The van der Waals surface area contributed by atoms with Crippen molar-refractivity contribution in [3.8, 4) is 11.5 Å². The number of ether oxygens (including phenoxy) is 2. The molecule has 0 saturated heterocycles. The van der Waals surface area contributed by atoms with E-state index in [2.05, 4.69) is 0 Å². The van der Waals surface area contributed by atoms with E-state index in [1.165, 1.54) is 0 Å². The third kappa shape index (κ3) is 2.68. The lowest BCUT2D eigenvalue weighted by molar-refractivity contribution is 0.103. The molecule has 2 aromatic rings. The number of carbonyl (C=O) groups excluding carboxylic acids is 1. The van der Waals surface area contributed by atoms with E-state index < -0.39 is 0 Å². The van der Waals surface area contributed by atoms with Crippen LogP contribution in [0.3, 0.4) is 0 Å². The molecule has 4 heteroatoms. The standard InChI is InChI=1S/C15H15NO3/c1-18-11-5-3-10(4-6-11)15(17)13-9-12(19-2)7-8-14(13)16/h3-9H,16H2,1-2H3. The summed E-state index contributed by atoms with van der Waals surface area (Å²) in [6, 6.07) is 11.9. The van der Waals surface area contributed by atoms with E-state index in [0.29, 0.717) is 28.3 Å². The van der Waals surface area contributed by atoms with Crippen molar-refractivity contribution in [2.75, 3.05) is 20.0 Å². The van der Waals surface area contributed by atoms with Crippen LogP contribution in [0.25, 0.3) is 0 Å². The third-order valence-electron chi connectivity index (χ3n) is 2.86. The molecule has 0 amide bonds. The van der Waals surface area contributed by atoms with Crippen molar-refractivity contribution < 1.29 is 14.3 Å². The Bertz CT molecular complexity index is 591. The second-order valence-corrected chi connectivity index (χ2v) is 4.01. The molecule has 0 aliphatic carbocycles. The van der Waals surface area contributed by atoms with E-state index in [1.54, 1.807) is 56.7 Å². The average Bonchev–Trinajstić information content (AvgIpc) is 2.47. The lowest BCUT2D eigenvalue weighted by atomic mass is 10.0. The van der Waals surface area contributed by atoms with Crippen LogP contribution in [0.2, 0.25) is 0 Å². The van der Waals surface area contributed by atoms with Gasteiger partial charge in [-0.2, -0.15) is 0 Å². The first-order chi connectivity index (χ1) is 9.15. The molecular weight excluding hydrogens is 242 g/mol. The monoisotopic (exact) mass is 257 g/mol. The predicted octanol–water partition coefficient (Wildman–Crippen LogP) is 2.52. The van der Waals surface area contributed by atoms with Gasteiger partial charge in [0.1, 0.15) is 11.5 Å². The quantitative estimate of drug-likeness (QED) is 0.675. The van der Waals surface area contributed by atoms with Gasteiger partial charge in [-0.1, -0.05) is 0 Å². The summed E-state index contributed by atoms with van der Waals surface area (Å²) in [5, 5.41) is 0. The van der Waals surface area contributed by atoms with Crippen LogP contribution in [-0.2, 0) is 0 Å². The first-order valence-corrected chi connectivity index (χ1v) is 5.78. The molecule has 0 spiro atoms. The predicted molar refractivity (Wildman–Crippen MR) is 73.8 cm³/mol. The number of rotatable bonds is 4. The fourth-order valence-corrected chi connectivity index (χ4v) is 1.76. The Morgan fingerprint density at radius 3 is 2.11 bits per heavy atom. The second kappa shape index (κ2) is 5.44. The molecule has 2 aromatic carbocycles. The normalized spacial score (nSPS) is 10.0. The first-order valence-electron chi connectivity index (χ1n) is 5.78. The molecular formula is C15H15NO3. The minimum atomic E-state index is -0.140. The molecule has 0 fully saturated rings. The van der Waals surface area contributed by atoms with Gasteiger partial charge in [0.25, 0.3) is 0 Å². The molecule has 2 N–H and O–H groups in total. The highest BCUT2D eigenvalue weighted by molar-refractivity contribution is 6.12. The van der Waals surface area contributed by atoms with Crippen LogP contribution in [-0.4, -0.2) is 20.0 Å². The van der Waals surface area contributed by atoms with Gasteiger partial charge in [0.05, 0.1) is 14.2 Å². The Labute approximate surface area is 111 Å². The number of hydrogen-bond donors (Lipinski definition) is 1. The van der Waals surface area contributed by atoms with Gasteiger partial charge < -0.3 is 15.2 Å². The zero-order chi connectivity index (χ0) is 13.8. The van der Waals surface area contributed by atoms with Gasteiger partial charge in [0.2, 0.25) is 0 Å². The summed E-state index contributed by atoms with van der Waals surface area (Å²) in [7, 11) is 3.13. The van der Waals surface area contributed by atoms with Gasteiger partial charge >= 0.3 is 0 Å². The maximum Gasteiger partial charge on any atom is 0.195 e. The Hall–Kier alpha value is -2.49. The molecule has 2 rings (SSSR count). The van der Waals surface area contributed by atoms with Gasteiger partial charge in [0, 0.05) is 16.8 Å². The fraction of sp³-hybridized carbons (Fsp3) is 0.133. The van der Waals surface area contributed by atoms with Crippen molar-refractivity contribution in [1.29, 1.82) is 0 Å². The molecule has 0 radical (unpaired) electrons. The Kier molecular flexibility index (Phi) is 3.71. The fourth-order valence-electron chi connectivity index (χ4n) is 1.76. The molecule has 0 aromatic heterocycles. The largest absolute Gasteiger partial charge is 0.497 e. The van der Waals surface area contributed by atoms with Crippen LogP contribution in [0.5, 0.6) is 11.5 Å². The summed E-state index contributed by atoms with van der Waals surface area (Å²) in [5.74, 6) is 1.17. The van der Waals surface area contributed by atoms with Crippen molar-refractivity contribution >= 4 is 11.5 Å². The summed E-state index contributed by atoms with van der Waals surface area (Å²) in [4.78, 5) is 12.4. The van der Waals surface area contributed by atoms with Crippen molar-refractivity contribution in [2.24, 2.45) is 0 Å². The number of anilines is 1. The van der Waals surface area contributed by atoms with E-state index in [9.17, 15) is 4.79 Å². The zero-order valence-electron chi connectivity index (χ0n) is 10.8. The Morgan fingerprint density at radius 1 is 0.947 bits per heavy atom. The van der Waals surface area contributed by atoms with Gasteiger partial charge in [-0.25, -0.2) is 0 Å². The molecule has 4 nitrogen and oxygen atoms in total. The Morgan fingerprint density at radius 2 is 1.53 bits per heavy atom. The highest BCUT2D eigenvalue weighted by Gasteiger charge is 2.13. The molecule has 0 saturated carbocycles. The van der Waals surface area contributed by atoms with Crippen molar-refractivity contribution in [3.63, 3.8) is 0 Å². The topological polar surface area (TPSA) is 61.5 Å². The van der Waals surface area contributed by atoms with Crippen molar-refractivity contribution in [1.82, 2.24) is 0 Å². The summed E-state index contributed by atoms with van der Waals surface area (Å²) in [6.07, 6.45) is 0. The van der Waals surface area contributed by atoms with E-state index in [1.807, 2.05) is 0 Å². The van der Waals surface area contributed by atoms with Gasteiger partial charge in [-0.05, 0) is 42.5 Å². The molecule has 0 aliphatic heterocycles. The molecule has 0 atom stereocenters. The summed E-state index contributed by atoms with van der Waals surface area (Å²) < 4.78 is 10.2. The van der Waals surface area contributed by atoms with Crippen LogP contribution in [0.4, 0.5) is 5.69 Å². The maximum atomic E-state index is 12.4. The number of nitrogen functional groups attached to an aromatic ring is 1. The molecule has 0 heterocycles. The molecule has 0 aliphatic rings.